The maximum absolute atomic E-state index is 12.3. The van der Waals surface area contributed by atoms with Crippen LogP contribution in [-0.4, -0.2) is 37.0 Å². The number of carbonyl (C=O) groups is 1. The predicted octanol–water partition coefficient (Wildman–Crippen LogP) is 4.01. The van der Waals surface area contributed by atoms with E-state index in [1.807, 2.05) is 6.92 Å². The average molecular weight is 353 g/mol. The van der Waals surface area contributed by atoms with Crippen LogP contribution in [0.5, 0.6) is 0 Å². The number of amides is 1. The molecule has 1 amide bonds. The van der Waals surface area contributed by atoms with E-state index in [0.717, 1.165) is 25.1 Å². The first-order chi connectivity index (χ1) is 11.1. The van der Waals surface area contributed by atoms with E-state index in [1.54, 1.807) is 0 Å². The largest absolute Gasteiger partial charge is 0.354 e. The zero-order valence-corrected chi connectivity index (χ0v) is 16.2. The Morgan fingerprint density at radius 1 is 1.08 bits per heavy atom. The Kier molecular flexibility index (Phi) is 9.38. The molecule has 0 unspecified atom stereocenters. The van der Waals surface area contributed by atoms with Crippen LogP contribution in [0.25, 0.3) is 0 Å². The van der Waals surface area contributed by atoms with E-state index < -0.39 is 0 Å². The summed E-state index contributed by atoms with van der Waals surface area (Å²) < 4.78 is 0. The molecular formula is C20H33ClN2O. The normalized spacial score (nSPS) is 16.5. The van der Waals surface area contributed by atoms with Crippen molar-refractivity contribution in [2.45, 2.75) is 52.4 Å². The Labute approximate surface area is 153 Å². The summed E-state index contributed by atoms with van der Waals surface area (Å²) in [6.07, 6.45) is 5.05. The van der Waals surface area contributed by atoms with Gasteiger partial charge in [-0.05, 0) is 56.3 Å². The average Bonchev–Trinajstić information content (AvgIpc) is 2.55. The quantitative estimate of drug-likeness (QED) is 0.804. The molecule has 3 nitrogen and oxygen atoms in total. The number of hydrogen-bond acceptors (Lipinski definition) is 2. The first-order valence-corrected chi connectivity index (χ1v) is 9.15. The Morgan fingerprint density at radius 2 is 1.71 bits per heavy atom. The van der Waals surface area contributed by atoms with E-state index in [4.69, 9.17) is 0 Å². The zero-order valence-electron chi connectivity index (χ0n) is 15.4. The van der Waals surface area contributed by atoms with E-state index >= 15 is 0 Å². The van der Waals surface area contributed by atoms with Gasteiger partial charge in [0.2, 0.25) is 5.91 Å². The molecule has 1 aliphatic heterocycles. The third-order valence-corrected chi connectivity index (χ3v) is 4.69. The Morgan fingerprint density at radius 3 is 2.29 bits per heavy atom. The summed E-state index contributed by atoms with van der Waals surface area (Å²) in [7, 11) is 0. The molecule has 0 aliphatic carbocycles. The van der Waals surface area contributed by atoms with Gasteiger partial charge >= 0.3 is 0 Å². The van der Waals surface area contributed by atoms with Crippen LogP contribution in [0.15, 0.2) is 24.3 Å². The molecule has 0 bridgehead atoms. The first kappa shape index (κ1) is 21.0. The van der Waals surface area contributed by atoms with E-state index in [-0.39, 0.29) is 24.2 Å². The molecular weight excluding hydrogens is 320 g/mol. The number of nitrogens with one attached hydrogen (secondary N) is 1. The fourth-order valence-corrected chi connectivity index (χ4v) is 3.24. The summed E-state index contributed by atoms with van der Waals surface area (Å²) in [6.45, 7) is 10.6. The summed E-state index contributed by atoms with van der Waals surface area (Å²) in [6, 6.07) is 8.53. The number of hydrogen-bond donors (Lipinski definition) is 1. The molecule has 1 aromatic carbocycles. The van der Waals surface area contributed by atoms with E-state index in [0.29, 0.717) is 5.92 Å². The smallest absolute Gasteiger partial charge is 0.227 e. The second-order valence-corrected chi connectivity index (χ2v) is 7.25. The Hall–Kier alpha value is -1.06. The second kappa shape index (κ2) is 10.7. The lowest BCUT2D eigenvalue weighted by Crippen LogP contribution is -2.38. The van der Waals surface area contributed by atoms with Gasteiger partial charge < -0.3 is 10.2 Å². The first-order valence-electron chi connectivity index (χ1n) is 9.15. The van der Waals surface area contributed by atoms with Crippen LogP contribution in [0.1, 0.15) is 57.1 Å². The fraction of sp³-hybridized carbons (Fsp3) is 0.650. The maximum Gasteiger partial charge on any atom is 0.227 e. The predicted molar refractivity (Wildman–Crippen MR) is 104 cm³/mol. The summed E-state index contributed by atoms with van der Waals surface area (Å²) in [5.74, 6) is 0.722. The molecule has 1 aliphatic rings. The Balaban J connectivity index is 0.00000288. The number of likely N-dealkylation sites (tertiary alicyclic amines) is 1. The van der Waals surface area contributed by atoms with Crippen LogP contribution in [0.3, 0.4) is 0 Å². The lowest BCUT2D eigenvalue weighted by molar-refractivity contribution is -0.122. The molecule has 0 saturated carbocycles. The van der Waals surface area contributed by atoms with Crippen molar-refractivity contribution in [3.63, 3.8) is 0 Å². The van der Waals surface area contributed by atoms with Crippen molar-refractivity contribution in [2.75, 3.05) is 26.2 Å². The van der Waals surface area contributed by atoms with Crippen molar-refractivity contribution in [1.82, 2.24) is 10.2 Å². The molecule has 136 valence electrons. The molecule has 1 saturated heterocycles. The SMILES string of the molecule is CC(C)Cc1ccc([C@H](C)C(=O)NCCN2CCCCC2)cc1.Cl. The Bertz CT molecular complexity index is 481. The molecule has 0 spiro atoms. The third-order valence-electron chi connectivity index (χ3n) is 4.69. The second-order valence-electron chi connectivity index (χ2n) is 7.25. The highest BCUT2D eigenvalue weighted by Gasteiger charge is 2.16. The van der Waals surface area contributed by atoms with Crippen LogP contribution in [-0.2, 0) is 11.2 Å². The van der Waals surface area contributed by atoms with Crippen LogP contribution in [0.2, 0.25) is 0 Å². The summed E-state index contributed by atoms with van der Waals surface area (Å²) in [5, 5.41) is 3.09. The molecule has 1 atom stereocenters. The molecule has 0 radical (unpaired) electrons. The van der Waals surface area contributed by atoms with Crippen LogP contribution < -0.4 is 5.32 Å². The summed E-state index contributed by atoms with van der Waals surface area (Å²) in [5.41, 5.74) is 2.45. The van der Waals surface area contributed by atoms with Crippen molar-refractivity contribution >= 4 is 18.3 Å². The number of benzene rings is 1. The van der Waals surface area contributed by atoms with Crippen LogP contribution in [0, 0.1) is 5.92 Å². The van der Waals surface area contributed by atoms with Gasteiger partial charge in [0.15, 0.2) is 0 Å². The minimum Gasteiger partial charge on any atom is -0.354 e. The standard InChI is InChI=1S/C20H32N2O.ClH/c1-16(2)15-18-7-9-19(10-8-18)17(3)20(23)21-11-14-22-12-5-4-6-13-22;/h7-10,16-17H,4-6,11-15H2,1-3H3,(H,21,23);1H/t17-;/m0./s1. The van der Waals surface area contributed by atoms with Gasteiger partial charge in [0, 0.05) is 13.1 Å². The molecule has 2 rings (SSSR count). The minimum atomic E-state index is -0.0792. The number of halogens is 1. The fourth-order valence-electron chi connectivity index (χ4n) is 3.24. The number of carbonyl (C=O) groups excluding carboxylic acids is 1. The molecule has 4 heteroatoms. The summed E-state index contributed by atoms with van der Waals surface area (Å²) >= 11 is 0. The van der Waals surface area contributed by atoms with Crippen LogP contribution >= 0.6 is 12.4 Å². The van der Waals surface area contributed by atoms with Gasteiger partial charge in [0.1, 0.15) is 0 Å². The molecule has 1 N–H and O–H groups in total. The monoisotopic (exact) mass is 352 g/mol. The van der Waals surface area contributed by atoms with E-state index in [2.05, 4.69) is 48.3 Å². The number of rotatable bonds is 7. The van der Waals surface area contributed by atoms with Crippen molar-refractivity contribution in [3.8, 4) is 0 Å². The number of piperidine rings is 1. The molecule has 0 aromatic heterocycles. The van der Waals surface area contributed by atoms with E-state index in [1.165, 1.54) is 37.9 Å². The lowest BCUT2D eigenvalue weighted by Gasteiger charge is -2.26. The van der Waals surface area contributed by atoms with Gasteiger partial charge in [-0.3, -0.25) is 4.79 Å². The zero-order chi connectivity index (χ0) is 16.7. The molecule has 1 heterocycles. The third kappa shape index (κ3) is 6.82. The van der Waals surface area contributed by atoms with Crippen molar-refractivity contribution in [1.29, 1.82) is 0 Å². The highest BCUT2D eigenvalue weighted by atomic mass is 35.5. The van der Waals surface area contributed by atoms with Gasteiger partial charge in [0.05, 0.1) is 5.92 Å². The molecule has 24 heavy (non-hydrogen) atoms. The van der Waals surface area contributed by atoms with Crippen LogP contribution in [0.4, 0.5) is 0 Å². The van der Waals surface area contributed by atoms with Crippen molar-refractivity contribution < 1.29 is 4.79 Å². The highest BCUT2D eigenvalue weighted by molar-refractivity contribution is 5.85. The lowest BCUT2D eigenvalue weighted by atomic mass is 9.96. The molecule has 1 aromatic rings. The minimum absolute atomic E-state index is 0. The van der Waals surface area contributed by atoms with Crippen molar-refractivity contribution in [3.05, 3.63) is 35.4 Å². The number of nitrogens with zero attached hydrogens (tertiary/aromatic N) is 1. The maximum atomic E-state index is 12.3. The van der Waals surface area contributed by atoms with Gasteiger partial charge in [0.25, 0.3) is 0 Å². The summed E-state index contributed by atoms with van der Waals surface area (Å²) in [4.78, 5) is 14.8. The van der Waals surface area contributed by atoms with Crippen molar-refractivity contribution in [2.24, 2.45) is 5.92 Å². The van der Waals surface area contributed by atoms with Gasteiger partial charge in [-0.2, -0.15) is 0 Å². The topological polar surface area (TPSA) is 32.3 Å². The van der Waals surface area contributed by atoms with Gasteiger partial charge in [-0.25, -0.2) is 0 Å². The van der Waals surface area contributed by atoms with E-state index in [9.17, 15) is 4.79 Å². The molecule has 1 fully saturated rings. The van der Waals surface area contributed by atoms with Gasteiger partial charge in [-0.1, -0.05) is 44.5 Å². The van der Waals surface area contributed by atoms with Gasteiger partial charge in [-0.15, -0.1) is 12.4 Å². The highest BCUT2D eigenvalue weighted by Crippen LogP contribution is 2.17.